The number of nitrogens with two attached hydrogens (primary N) is 1. The topological polar surface area (TPSA) is 144 Å². The van der Waals surface area contributed by atoms with Crippen LogP contribution in [-0.2, 0) is 27.9 Å². The summed E-state index contributed by atoms with van der Waals surface area (Å²) in [7, 11) is -3.89. The van der Waals surface area contributed by atoms with Crippen LogP contribution in [0.15, 0.2) is 17.1 Å². The number of rotatable bonds is 5. The highest BCUT2D eigenvalue weighted by Gasteiger charge is 2.60. The molecule has 1 aromatic rings. The number of nitrogens with one attached hydrogen (secondary N) is 1. The van der Waals surface area contributed by atoms with Gasteiger partial charge in [0.2, 0.25) is 0 Å². The van der Waals surface area contributed by atoms with Crippen LogP contribution < -0.4 is 16.5 Å². The molecule has 2 aliphatic heterocycles. The third-order valence-corrected chi connectivity index (χ3v) is 6.60. The molecule has 1 aromatic heterocycles. The Balaban J connectivity index is 1.78. The van der Waals surface area contributed by atoms with Crippen molar-refractivity contribution in [1.82, 2.24) is 14.6 Å². The van der Waals surface area contributed by atoms with E-state index in [9.17, 15) is 14.2 Å². The monoisotopic (exact) mass is 450 g/mol. The first-order valence-corrected chi connectivity index (χ1v) is 11.0. The van der Waals surface area contributed by atoms with Crippen molar-refractivity contribution in [2.45, 2.75) is 63.2 Å². The van der Waals surface area contributed by atoms with Gasteiger partial charge in [0.05, 0.1) is 12.7 Å². The predicted molar refractivity (Wildman–Crippen MR) is 103 cm³/mol. The molecule has 2 fully saturated rings. The van der Waals surface area contributed by atoms with Gasteiger partial charge in [-0.05, 0) is 33.8 Å². The number of hydrogen-bond acceptors (Lipinski definition) is 9. The Labute approximate surface area is 172 Å². The van der Waals surface area contributed by atoms with Crippen LogP contribution in [0.2, 0.25) is 0 Å². The van der Waals surface area contributed by atoms with Crippen LogP contribution >= 0.6 is 19.3 Å². The highest BCUT2D eigenvalue weighted by Crippen LogP contribution is 2.57. The van der Waals surface area contributed by atoms with Crippen molar-refractivity contribution in [1.29, 1.82) is 0 Å². The van der Waals surface area contributed by atoms with Crippen LogP contribution in [0.5, 0.6) is 0 Å². The summed E-state index contributed by atoms with van der Waals surface area (Å²) in [6.45, 7) is 6.37. The highest BCUT2D eigenvalue weighted by molar-refractivity contribution is 7.51. The Morgan fingerprint density at radius 1 is 1.52 bits per heavy atom. The SMILES string of the molecule is CC(C)OC(=O)[C@@H](C)N[P@@]1(=O)OC[C@H]2O[C@@H](n3ccc(N)nc3=O)[C@](C)(Cl)[C@@H]2O1. The van der Waals surface area contributed by atoms with E-state index in [0.29, 0.717) is 0 Å². The van der Waals surface area contributed by atoms with Crippen molar-refractivity contribution in [3.05, 3.63) is 22.7 Å². The largest absolute Gasteiger partial charge is 0.462 e. The number of fused-ring (bicyclic) bond motifs is 1. The Morgan fingerprint density at radius 3 is 2.83 bits per heavy atom. The molecule has 162 valence electrons. The van der Waals surface area contributed by atoms with Gasteiger partial charge < -0.3 is 15.2 Å². The molecule has 0 saturated carbocycles. The van der Waals surface area contributed by atoms with Crippen molar-refractivity contribution in [3.8, 4) is 0 Å². The number of carbonyl (C=O) groups is 1. The van der Waals surface area contributed by atoms with E-state index in [1.807, 2.05) is 0 Å². The highest BCUT2D eigenvalue weighted by atomic mass is 35.5. The average Bonchev–Trinajstić information content (AvgIpc) is 2.85. The van der Waals surface area contributed by atoms with Gasteiger partial charge in [0.1, 0.15) is 28.9 Å². The molecule has 13 heteroatoms. The van der Waals surface area contributed by atoms with Gasteiger partial charge in [0, 0.05) is 6.20 Å². The van der Waals surface area contributed by atoms with E-state index < -0.39 is 48.8 Å². The second-order valence-electron chi connectivity index (χ2n) is 7.38. The molecule has 2 aliphatic rings. The van der Waals surface area contributed by atoms with Crippen molar-refractivity contribution < 1.29 is 27.9 Å². The van der Waals surface area contributed by atoms with Crippen LogP contribution in [0.1, 0.15) is 33.9 Å². The smallest absolute Gasteiger partial charge is 0.406 e. The molecule has 6 atom stereocenters. The zero-order chi connectivity index (χ0) is 21.6. The summed E-state index contributed by atoms with van der Waals surface area (Å²) in [5.74, 6) is -0.535. The van der Waals surface area contributed by atoms with Crippen LogP contribution in [0.25, 0.3) is 0 Å². The number of hydrogen-bond donors (Lipinski definition) is 2. The zero-order valence-electron chi connectivity index (χ0n) is 16.4. The predicted octanol–water partition coefficient (Wildman–Crippen LogP) is 1.17. The average molecular weight is 451 g/mol. The van der Waals surface area contributed by atoms with E-state index in [2.05, 4.69) is 10.1 Å². The van der Waals surface area contributed by atoms with Crippen LogP contribution in [-0.4, -0.2) is 51.4 Å². The molecule has 3 rings (SSSR count). The lowest BCUT2D eigenvalue weighted by atomic mass is 10.0. The second kappa shape index (κ2) is 7.98. The second-order valence-corrected chi connectivity index (χ2v) is 9.91. The number of aromatic nitrogens is 2. The number of nitrogen functional groups attached to an aromatic ring is 1. The van der Waals surface area contributed by atoms with Gasteiger partial charge in [-0.25, -0.2) is 14.4 Å². The molecule has 2 saturated heterocycles. The van der Waals surface area contributed by atoms with Gasteiger partial charge in [0.25, 0.3) is 0 Å². The van der Waals surface area contributed by atoms with Gasteiger partial charge in [-0.1, -0.05) is 0 Å². The molecule has 0 aromatic carbocycles. The standard InChI is InChI=1S/C16H24ClN4O7P/c1-8(2)26-13(22)9(3)20-29(24)25-7-10-12(28-29)16(4,17)14(27-10)21-6-5-11(18)19-15(21)23/h5-6,8-10,12,14H,7H2,1-4H3,(H,20,24)(H2,18,19,23)/t9-,10-,12-,14-,16-,29-/m1/s1. The maximum atomic E-state index is 13.0. The Kier molecular flexibility index (Phi) is 6.11. The fourth-order valence-electron chi connectivity index (χ4n) is 3.16. The molecule has 0 bridgehead atoms. The first-order chi connectivity index (χ1) is 13.4. The number of nitrogens with zero attached hydrogens (tertiary/aromatic N) is 2. The van der Waals surface area contributed by atoms with Gasteiger partial charge >= 0.3 is 19.4 Å². The van der Waals surface area contributed by atoms with E-state index in [1.54, 1.807) is 20.8 Å². The Hall–Kier alpha value is -1.49. The van der Waals surface area contributed by atoms with E-state index in [-0.39, 0.29) is 18.5 Å². The van der Waals surface area contributed by atoms with E-state index in [0.717, 1.165) is 0 Å². The van der Waals surface area contributed by atoms with Gasteiger partial charge in [-0.3, -0.25) is 18.4 Å². The van der Waals surface area contributed by atoms with Crippen LogP contribution in [0, 0.1) is 0 Å². The summed E-state index contributed by atoms with van der Waals surface area (Å²) >= 11 is 6.68. The lowest BCUT2D eigenvalue weighted by Gasteiger charge is -2.36. The summed E-state index contributed by atoms with van der Waals surface area (Å²) < 4.78 is 36.2. The first kappa shape index (κ1) is 22.2. The minimum Gasteiger partial charge on any atom is -0.462 e. The summed E-state index contributed by atoms with van der Waals surface area (Å²) in [4.78, 5) is 26.6. The number of ether oxygens (including phenoxy) is 2. The minimum atomic E-state index is -3.89. The van der Waals surface area contributed by atoms with Gasteiger partial charge in [0.15, 0.2) is 6.23 Å². The molecular formula is C16H24ClN4O7P. The van der Waals surface area contributed by atoms with Crippen LogP contribution in [0.4, 0.5) is 5.82 Å². The third kappa shape index (κ3) is 4.50. The van der Waals surface area contributed by atoms with Gasteiger partial charge in [-0.2, -0.15) is 4.98 Å². The Bertz CT molecular complexity index is 892. The normalized spacial score (nSPS) is 35.3. The fourth-order valence-corrected chi connectivity index (χ4v) is 5.33. The van der Waals surface area contributed by atoms with E-state index >= 15 is 0 Å². The minimum absolute atomic E-state index is 0.0634. The lowest BCUT2D eigenvalue weighted by Crippen LogP contribution is -2.47. The van der Waals surface area contributed by atoms with E-state index in [4.69, 9.17) is 35.9 Å². The molecular weight excluding hydrogens is 427 g/mol. The van der Waals surface area contributed by atoms with Crippen molar-refractivity contribution in [2.75, 3.05) is 12.3 Å². The van der Waals surface area contributed by atoms with Crippen molar-refractivity contribution in [2.24, 2.45) is 0 Å². The lowest BCUT2D eigenvalue weighted by molar-refractivity contribution is -0.149. The molecule has 0 spiro atoms. The van der Waals surface area contributed by atoms with Crippen LogP contribution in [0.3, 0.4) is 0 Å². The maximum absolute atomic E-state index is 13.0. The molecule has 29 heavy (non-hydrogen) atoms. The van der Waals surface area contributed by atoms with E-state index in [1.165, 1.54) is 23.8 Å². The molecule has 3 N–H and O–H groups in total. The molecule has 0 radical (unpaired) electrons. The quantitative estimate of drug-likeness (QED) is 0.381. The molecule has 0 amide bonds. The number of alkyl halides is 1. The number of anilines is 1. The number of carbonyl (C=O) groups excluding carboxylic acids is 1. The van der Waals surface area contributed by atoms with Crippen molar-refractivity contribution in [3.63, 3.8) is 0 Å². The first-order valence-electron chi connectivity index (χ1n) is 9.03. The number of esters is 1. The fraction of sp³-hybridized carbons (Fsp3) is 0.688. The molecule has 0 aliphatic carbocycles. The molecule has 3 heterocycles. The van der Waals surface area contributed by atoms with Gasteiger partial charge in [-0.15, -0.1) is 11.6 Å². The van der Waals surface area contributed by atoms with Crippen molar-refractivity contribution >= 4 is 31.1 Å². The molecule has 0 unspecified atom stereocenters. The summed E-state index contributed by atoms with van der Waals surface area (Å²) in [6, 6.07) is 0.495. The summed E-state index contributed by atoms with van der Waals surface area (Å²) in [6.07, 6.45) is -1.45. The maximum Gasteiger partial charge on any atom is 0.406 e. The number of halogens is 1. The summed E-state index contributed by atoms with van der Waals surface area (Å²) in [5.41, 5.74) is 4.88. The summed E-state index contributed by atoms with van der Waals surface area (Å²) in [5, 5.41) is 2.55. The molecule has 11 nitrogen and oxygen atoms in total. The third-order valence-electron chi connectivity index (χ3n) is 4.50. The Morgan fingerprint density at radius 2 is 2.21 bits per heavy atom. The zero-order valence-corrected chi connectivity index (χ0v) is 18.1.